The highest BCUT2D eigenvalue weighted by atomic mass is 16.5. The second-order valence-electron chi connectivity index (χ2n) is 3.04. The van der Waals surface area contributed by atoms with Crippen LogP contribution in [0.5, 0.6) is 0 Å². The molecule has 72 valence electrons. The second kappa shape index (κ2) is 5.11. The highest BCUT2D eigenvalue weighted by Gasteiger charge is 2.18. The van der Waals surface area contributed by atoms with Crippen LogP contribution in [0, 0.1) is 0 Å². The van der Waals surface area contributed by atoms with Gasteiger partial charge in [0.15, 0.2) is 0 Å². The number of ether oxygens (including phenoxy) is 1. The van der Waals surface area contributed by atoms with Gasteiger partial charge in [0.1, 0.15) is 0 Å². The zero-order valence-electron chi connectivity index (χ0n) is 8.20. The van der Waals surface area contributed by atoms with Gasteiger partial charge < -0.3 is 15.4 Å². The molecule has 0 aliphatic heterocycles. The minimum atomic E-state index is -0.436. The maximum Gasteiger partial charge on any atom is 0.239 e. The van der Waals surface area contributed by atoms with Crippen molar-refractivity contribution in [2.45, 2.75) is 25.9 Å². The lowest BCUT2D eigenvalue weighted by Crippen LogP contribution is -2.45. The SMILES string of the molecule is COCC(C)N(C)C(=O)[C@H](C)N. The van der Waals surface area contributed by atoms with Crippen LogP contribution >= 0.6 is 0 Å². The number of methoxy groups -OCH3 is 1. The first-order valence-corrected chi connectivity index (χ1v) is 4.02. The summed E-state index contributed by atoms with van der Waals surface area (Å²) in [7, 11) is 3.34. The Morgan fingerprint density at radius 2 is 2.08 bits per heavy atom. The van der Waals surface area contributed by atoms with Gasteiger partial charge in [0.05, 0.1) is 18.7 Å². The van der Waals surface area contributed by atoms with E-state index in [1.54, 1.807) is 26.0 Å². The first-order valence-electron chi connectivity index (χ1n) is 4.02. The van der Waals surface area contributed by atoms with Gasteiger partial charge in [-0.2, -0.15) is 0 Å². The fourth-order valence-electron chi connectivity index (χ4n) is 0.891. The van der Waals surface area contributed by atoms with Gasteiger partial charge in [-0.3, -0.25) is 4.79 Å². The number of likely N-dealkylation sites (N-methyl/N-ethyl adjacent to an activating group) is 1. The number of hydrogen-bond donors (Lipinski definition) is 1. The summed E-state index contributed by atoms with van der Waals surface area (Å²) in [4.78, 5) is 12.9. The first kappa shape index (κ1) is 11.4. The van der Waals surface area contributed by atoms with Crippen molar-refractivity contribution in [1.29, 1.82) is 0 Å². The molecule has 0 aromatic rings. The molecule has 12 heavy (non-hydrogen) atoms. The van der Waals surface area contributed by atoms with E-state index in [1.807, 2.05) is 6.92 Å². The molecule has 4 nitrogen and oxygen atoms in total. The number of nitrogens with zero attached hydrogens (tertiary/aromatic N) is 1. The molecule has 1 unspecified atom stereocenters. The van der Waals surface area contributed by atoms with Crippen molar-refractivity contribution in [2.75, 3.05) is 20.8 Å². The molecule has 0 heterocycles. The summed E-state index contributed by atoms with van der Waals surface area (Å²) >= 11 is 0. The summed E-state index contributed by atoms with van der Waals surface area (Å²) in [6, 6.07) is -0.359. The predicted molar refractivity (Wildman–Crippen MR) is 47.8 cm³/mol. The fraction of sp³-hybridized carbons (Fsp3) is 0.875. The van der Waals surface area contributed by atoms with E-state index in [9.17, 15) is 4.79 Å². The average Bonchev–Trinajstić information content (AvgIpc) is 2.02. The molecular formula is C8H18N2O2. The van der Waals surface area contributed by atoms with Gasteiger partial charge >= 0.3 is 0 Å². The Balaban J connectivity index is 4.00. The summed E-state index contributed by atoms with van der Waals surface area (Å²) in [6.45, 7) is 4.14. The van der Waals surface area contributed by atoms with Crippen molar-refractivity contribution in [3.63, 3.8) is 0 Å². The van der Waals surface area contributed by atoms with Crippen molar-refractivity contribution >= 4 is 5.91 Å². The minimum absolute atomic E-state index is 0.0560. The summed E-state index contributed by atoms with van der Waals surface area (Å²) in [5.41, 5.74) is 5.44. The standard InChI is InChI=1S/C8H18N2O2/c1-6(5-12-4)10(3)8(11)7(2)9/h6-7H,5,9H2,1-4H3/t6?,7-/m0/s1. The molecule has 0 saturated carbocycles. The largest absolute Gasteiger partial charge is 0.383 e. The molecule has 4 heteroatoms. The third kappa shape index (κ3) is 3.19. The van der Waals surface area contributed by atoms with E-state index >= 15 is 0 Å². The van der Waals surface area contributed by atoms with E-state index in [4.69, 9.17) is 10.5 Å². The molecule has 0 rings (SSSR count). The maximum atomic E-state index is 11.3. The van der Waals surface area contributed by atoms with E-state index in [-0.39, 0.29) is 11.9 Å². The third-order valence-corrected chi connectivity index (χ3v) is 1.81. The Bertz CT molecular complexity index is 148. The maximum absolute atomic E-state index is 11.3. The molecule has 2 N–H and O–H groups in total. The Labute approximate surface area is 73.7 Å². The summed E-state index contributed by atoms with van der Waals surface area (Å²) in [5, 5.41) is 0. The lowest BCUT2D eigenvalue weighted by Gasteiger charge is -2.25. The zero-order chi connectivity index (χ0) is 9.72. The summed E-state index contributed by atoms with van der Waals surface area (Å²) in [6.07, 6.45) is 0. The van der Waals surface area contributed by atoms with Gasteiger partial charge in [-0.05, 0) is 13.8 Å². The third-order valence-electron chi connectivity index (χ3n) is 1.81. The van der Waals surface area contributed by atoms with Crippen LogP contribution in [0.2, 0.25) is 0 Å². The van der Waals surface area contributed by atoms with E-state index in [1.165, 1.54) is 0 Å². The molecule has 0 radical (unpaired) electrons. The zero-order valence-corrected chi connectivity index (χ0v) is 8.20. The van der Waals surface area contributed by atoms with Gasteiger partial charge in [0.25, 0.3) is 0 Å². The van der Waals surface area contributed by atoms with Crippen molar-refractivity contribution in [2.24, 2.45) is 5.73 Å². The monoisotopic (exact) mass is 174 g/mol. The lowest BCUT2D eigenvalue weighted by molar-refractivity contribution is -0.133. The number of hydrogen-bond acceptors (Lipinski definition) is 3. The van der Waals surface area contributed by atoms with Gasteiger partial charge in [0, 0.05) is 14.2 Å². The molecule has 0 bridgehead atoms. The van der Waals surface area contributed by atoms with Crippen LogP contribution in [-0.2, 0) is 9.53 Å². The minimum Gasteiger partial charge on any atom is -0.383 e. The number of carbonyl (C=O) groups is 1. The van der Waals surface area contributed by atoms with Crippen molar-refractivity contribution < 1.29 is 9.53 Å². The molecule has 0 fully saturated rings. The van der Waals surface area contributed by atoms with Crippen LogP contribution in [0.1, 0.15) is 13.8 Å². The predicted octanol–water partition coefficient (Wildman–Crippen LogP) is -0.173. The van der Waals surface area contributed by atoms with Crippen LogP contribution in [0.25, 0.3) is 0 Å². The molecular weight excluding hydrogens is 156 g/mol. The topological polar surface area (TPSA) is 55.6 Å². The second-order valence-corrected chi connectivity index (χ2v) is 3.04. The van der Waals surface area contributed by atoms with Crippen LogP contribution < -0.4 is 5.73 Å². The number of nitrogens with two attached hydrogens (primary N) is 1. The number of amides is 1. The first-order chi connectivity index (χ1) is 5.50. The molecule has 0 aliphatic carbocycles. The summed E-state index contributed by atoms with van der Waals surface area (Å²) < 4.78 is 4.92. The molecule has 0 spiro atoms. The normalized spacial score (nSPS) is 15.4. The molecule has 0 aliphatic rings. The Kier molecular flexibility index (Phi) is 4.85. The highest BCUT2D eigenvalue weighted by molar-refractivity contribution is 5.81. The Morgan fingerprint density at radius 1 is 1.58 bits per heavy atom. The Hall–Kier alpha value is -0.610. The van der Waals surface area contributed by atoms with Crippen molar-refractivity contribution in [3.8, 4) is 0 Å². The highest BCUT2D eigenvalue weighted by Crippen LogP contribution is 1.98. The van der Waals surface area contributed by atoms with Crippen LogP contribution in [-0.4, -0.2) is 43.7 Å². The van der Waals surface area contributed by atoms with Crippen LogP contribution in [0.15, 0.2) is 0 Å². The smallest absolute Gasteiger partial charge is 0.239 e. The average molecular weight is 174 g/mol. The van der Waals surface area contributed by atoms with E-state index in [0.717, 1.165) is 0 Å². The van der Waals surface area contributed by atoms with Crippen molar-refractivity contribution in [3.05, 3.63) is 0 Å². The lowest BCUT2D eigenvalue weighted by atomic mass is 10.2. The van der Waals surface area contributed by atoms with Gasteiger partial charge in [0.2, 0.25) is 5.91 Å². The van der Waals surface area contributed by atoms with Gasteiger partial charge in [-0.1, -0.05) is 0 Å². The van der Waals surface area contributed by atoms with Crippen molar-refractivity contribution in [1.82, 2.24) is 4.90 Å². The molecule has 0 aromatic heterocycles. The van der Waals surface area contributed by atoms with Crippen LogP contribution in [0.3, 0.4) is 0 Å². The summed E-state index contributed by atoms with van der Waals surface area (Å²) in [5.74, 6) is -0.0560. The van der Waals surface area contributed by atoms with Crippen LogP contribution in [0.4, 0.5) is 0 Å². The fourth-order valence-corrected chi connectivity index (χ4v) is 0.891. The van der Waals surface area contributed by atoms with Gasteiger partial charge in [-0.15, -0.1) is 0 Å². The Morgan fingerprint density at radius 3 is 2.42 bits per heavy atom. The molecule has 1 amide bonds. The number of carbonyl (C=O) groups excluding carboxylic acids is 1. The van der Waals surface area contributed by atoms with E-state index in [2.05, 4.69) is 0 Å². The molecule has 2 atom stereocenters. The van der Waals surface area contributed by atoms with E-state index < -0.39 is 6.04 Å². The quantitative estimate of drug-likeness (QED) is 0.643. The molecule has 0 saturated heterocycles. The van der Waals surface area contributed by atoms with E-state index in [0.29, 0.717) is 6.61 Å². The molecule has 0 aromatic carbocycles. The number of rotatable bonds is 4. The van der Waals surface area contributed by atoms with Gasteiger partial charge in [-0.25, -0.2) is 0 Å².